The first-order chi connectivity index (χ1) is 9.97. The summed E-state index contributed by atoms with van der Waals surface area (Å²) < 4.78 is 13.1. The summed E-state index contributed by atoms with van der Waals surface area (Å²) in [5.74, 6) is -1.37. The summed E-state index contributed by atoms with van der Waals surface area (Å²) in [6.45, 7) is 2.15. The molecule has 1 aromatic carbocycles. The largest absolute Gasteiger partial charge is 0.351 e. The zero-order valence-corrected chi connectivity index (χ0v) is 11.9. The number of aryl methyl sites for hydroxylation is 1. The van der Waals surface area contributed by atoms with Gasteiger partial charge in [-0.1, -0.05) is 0 Å². The van der Waals surface area contributed by atoms with Crippen molar-refractivity contribution in [3.8, 4) is 0 Å². The van der Waals surface area contributed by atoms with Crippen molar-refractivity contribution in [3.63, 3.8) is 0 Å². The summed E-state index contributed by atoms with van der Waals surface area (Å²) in [5.41, 5.74) is 0.205. The molecular weight excluding hydrogens is 297 g/mol. The van der Waals surface area contributed by atoms with Gasteiger partial charge in [-0.25, -0.2) is 9.37 Å². The SMILES string of the molecule is Cc1csc(CCNC(=O)c2cc(F)ccc2[N+](=O)[O-])n1. The highest BCUT2D eigenvalue weighted by Crippen LogP contribution is 2.19. The van der Waals surface area contributed by atoms with Crippen LogP contribution in [0.2, 0.25) is 0 Å². The number of nitrogens with zero attached hydrogens (tertiary/aromatic N) is 2. The van der Waals surface area contributed by atoms with Crippen molar-refractivity contribution >= 4 is 22.9 Å². The molecule has 8 heteroatoms. The number of carbonyl (C=O) groups is 1. The van der Waals surface area contributed by atoms with Crippen molar-refractivity contribution < 1.29 is 14.1 Å². The molecule has 2 rings (SSSR count). The Hall–Kier alpha value is -2.35. The molecule has 0 atom stereocenters. The first-order valence-corrected chi connectivity index (χ1v) is 6.98. The maximum atomic E-state index is 13.1. The lowest BCUT2D eigenvalue weighted by Crippen LogP contribution is -2.26. The molecule has 0 aliphatic carbocycles. The van der Waals surface area contributed by atoms with Crippen molar-refractivity contribution in [2.45, 2.75) is 13.3 Å². The van der Waals surface area contributed by atoms with E-state index in [-0.39, 0.29) is 12.1 Å². The predicted octanol–water partition coefficient (Wildman–Crippen LogP) is 2.47. The lowest BCUT2D eigenvalue weighted by atomic mass is 10.1. The highest BCUT2D eigenvalue weighted by atomic mass is 32.1. The number of carbonyl (C=O) groups excluding carboxylic acids is 1. The van der Waals surface area contributed by atoms with Crippen LogP contribution < -0.4 is 5.32 Å². The molecule has 1 aromatic heterocycles. The maximum absolute atomic E-state index is 13.1. The van der Waals surface area contributed by atoms with Crippen molar-refractivity contribution in [1.29, 1.82) is 0 Å². The molecule has 0 radical (unpaired) electrons. The smallest absolute Gasteiger partial charge is 0.282 e. The van der Waals surface area contributed by atoms with E-state index in [2.05, 4.69) is 10.3 Å². The fourth-order valence-electron chi connectivity index (χ4n) is 1.75. The topological polar surface area (TPSA) is 85.1 Å². The first kappa shape index (κ1) is 15.0. The molecule has 0 fully saturated rings. The van der Waals surface area contributed by atoms with Crippen LogP contribution in [0.4, 0.5) is 10.1 Å². The van der Waals surface area contributed by atoms with E-state index in [4.69, 9.17) is 0 Å². The lowest BCUT2D eigenvalue weighted by Gasteiger charge is -2.05. The molecule has 6 nitrogen and oxygen atoms in total. The van der Waals surface area contributed by atoms with E-state index in [1.807, 2.05) is 12.3 Å². The number of rotatable bonds is 5. The van der Waals surface area contributed by atoms with E-state index in [0.29, 0.717) is 6.42 Å². The molecule has 21 heavy (non-hydrogen) atoms. The van der Waals surface area contributed by atoms with Gasteiger partial charge in [0.1, 0.15) is 11.4 Å². The van der Waals surface area contributed by atoms with E-state index in [0.717, 1.165) is 28.9 Å². The monoisotopic (exact) mass is 309 g/mol. The molecule has 2 aromatic rings. The van der Waals surface area contributed by atoms with E-state index in [9.17, 15) is 19.3 Å². The minimum absolute atomic E-state index is 0.277. The number of nitrogens with one attached hydrogen (secondary N) is 1. The fourth-order valence-corrected chi connectivity index (χ4v) is 2.52. The second-order valence-electron chi connectivity index (χ2n) is 4.31. The average Bonchev–Trinajstić information content (AvgIpc) is 2.84. The van der Waals surface area contributed by atoms with Crippen molar-refractivity contribution in [1.82, 2.24) is 10.3 Å². The number of aromatic nitrogens is 1. The summed E-state index contributed by atoms with van der Waals surface area (Å²) in [6.07, 6.45) is 0.521. The Kier molecular flexibility index (Phi) is 4.59. The van der Waals surface area contributed by atoms with Gasteiger partial charge in [0.15, 0.2) is 0 Å². The second-order valence-corrected chi connectivity index (χ2v) is 5.25. The van der Waals surface area contributed by atoms with Crippen LogP contribution in [0.3, 0.4) is 0 Å². The van der Waals surface area contributed by atoms with Crippen LogP contribution in [-0.4, -0.2) is 22.4 Å². The number of nitro benzene ring substituents is 1. The second kappa shape index (κ2) is 6.40. The summed E-state index contributed by atoms with van der Waals surface area (Å²) in [4.78, 5) is 26.3. The van der Waals surface area contributed by atoms with Gasteiger partial charge in [0.2, 0.25) is 0 Å². The summed E-state index contributed by atoms with van der Waals surface area (Å²) in [5, 5.41) is 16.1. The number of hydrogen-bond donors (Lipinski definition) is 1. The van der Waals surface area contributed by atoms with Gasteiger partial charge in [-0.15, -0.1) is 11.3 Å². The molecule has 110 valence electrons. The molecule has 0 saturated heterocycles. The van der Waals surface area contributed by atoms with Crippen LogP contribution in [0.5, 0.6) is 0 Å². The number of hydrogen-bond acceptors (Lipinski definition) is 5. The zero-order valence-electron chi connectivity index (χ0n) is 11.1. The number of amides is 1. The van der Waals surface area contributed by atoms with Crippen LogP contribution >= 0.6 is 11.3 Å². The number of nitro groups is 1. The van der Waals surface area contributed by atoms with Gasteiger partial charge in [-0.2, -0.15) is 0 Å². The third-order valence-electron chi connectivity index (χ3n) is 2.69. The van der Waals surface area contributed by atoms with Gasteiger partial charge < -0.3 is 5.32 Å². The van der Waals surface area contributed by atoms with E-state index in [1.54, 1.807) is 0 Å². The maximum Gasteiger partial charge on any atom is 0.282 e. The molecule has 1 N–H and O–H groups in total. The summed E-state index contributed by atoms with van der Waals surface area (Å²) >= 11 is 1.48. The van der Waals surface area contributed by atoms with Crippen molar-refractivity contribution in [2.75, 3.05) is 6.54 Å². The van der Waals surface area contributed by atoms with Gasteiger partial charge in [-0.05, 0) is 19.1 Å². The normalized spacial score (nSPS) is 10.4. The molecule has 1 heterocycles. The van der Waals surface area contributed by atoms with Crippen LogP contribution in [0, 0.1) is 22.9 Å². The Morgan fingerprint density at radius 3 is 2.90 bits per heavy atom. The molecule has 0 spiro atoms. The van der Waals surface area contributed by atoms with Gasteiger partial charge in [0.05, 0.1) is 9.93 Å². The van der Waals surface area contributed by atoms with Gasteiger partial charge in [0, 0.05) is 30.1 Å². The average molecular weight is 309 g/mol. The Morgan fingerprint density at radius 1 is 1.52 bits per heavy atom. The fraction of sp³-hybridized carbons (Fsp3) is 0.231. The quantitative estimate of drug-likeness (QED) is 0.679. The standard InChI is InChI=1S/C13H12FN3O3S/c1-8-7-21-12(16-8)4-5-15-13(18)10-6-9(14)2-3-11(10)17(19)20/h2-3,6-7H,4-5H2,1H3,(H,15,18). The first-order valence-electron chi connectivity index (χ1n) is 6.10. The highest BCUT2D eigenvalue weighted by molar-refractivity contribution is 7.09. The lowest BCUT2D eigenvalue weighted by molar-refractivity contribution is -0.385. The zero-order chi connectivity index (χ0) is 15.4. The Bertz CT molecular complexity index is 687. The molecule has 0 unspecified atom stereocenters. The van der Waals surface area contributed by atoms with E-state index in [1.165, 1.54) is 11.3 Å². The Labute approximate surface area is 123 Å². The summed E-state index contributed by atoms with van der Waals surface area (Å²) in [7, 11) is 0. The Balaban J connectivity index is 2.03. The molecule has 1 amide bonds. The predicted molar refractivity (Wildman–Crippen MR) is 75.9 cm³/mol. The summed E-state index contributed by atoms with van der Waals surface area (Å²) in [6, 6.07) is 2.79. The molecule has 0 aliphatic heterocycles. The third-order valence-corrected chi connectivity index (χ3v) is 3.72. The molecule has 0 saturated carbocycles. The number of thiazole rings is 1. The van der Waals surface area contributed by atoms with Gasteiger partial charge >= 0.3 is 0 Å². The molecule has 0 bridgehead atoms. The van der Waals surface area contributed by atoms with Crippen molar-refractivity contribution in [2.24, 2.45) is 0 Å². The van der Waals surface area contributed by atoms with Crippen molar-refractivity contribution in [3.05, 3.63) is 55.8 Å². The van der Waals surface area contributed by atoms with Crippen LogP contribution in [0.25, 0.3) is 0 Å². The number of benzene rings is 1. The van der Waals surface area contributed by atoms with E-state index >= 15 is 0 Å². The minimum Gasteiger partial charge on any atom is -0.351 e. The van der Waals surface area contributed by atoms with E-state index < -0.39 is 22.3 Å². The van der Waals surface area contributed by atoms with Gasteiger partial charge in [0.25, 0.3) is 11.6 Å². The Morgan fingerprint density at radius 2 is 2.29 bits per heavy atom. The molecular formula is C13H12FN3O3S. The number of halogens is 1. The minimum atomic E-state index is -0.710. The highest BCUT2D eigenvalue weighted by Gasteiger charge is 2.20. The van der Waals surface area contributed by atoms with Crippen LogP contribution in [0.15, 0.2) is 23.6 Å². The van der Waals surface area contributed by atoms with Crippen LogP contribution in [-0.2, 0) is 6.42 Å². The van der Waals surface area contributed by atoms with Crippen LogP contribution in [0.1, 0.15) is 21.1 Å². The van der Waals surface area contributed by atoms with Gasteiger partial charge in [-0.3, -0.25) is 14.9 Å². The molecule has 0 aliphatic rings. The third kappa shape index (κ3) is 3.82.